The van der Waals surface area contributed by atoms with Gasteiger partial charge in [-0.2, -0.15) is 0 Å². The summed E-state index contributed by atoms with van der Waals surface area (Å²) in [5.41, 5.74) is 1.46. The Hall–Kier alpha value is -2.87. The fourth-order valence-electron chi connectivity index (χ4n) is 2.93. The average molecular weight is 373 g/mol. The SMILES string of the molecule is O=C(COc1ccc(Cl)cc1)N1CCN(c2ncnc3nc[nH]c23)CC1. The van der Waals surface area contributed by atoms with E-state index in [0.29, 0.717) is 42.6 Å². The predicted molar refractivity (Wildman–Crippen MR) is 97.4 cm³/mol. The number of hydrogen-bond donors (Lipinski definition) is 1. The van der Waals surface area contributed by atoms with Gasteiger partial charge in [-0.3, -0.25) is 4.79 Å². The molecule has 3 aromatic rings. The maximum absolute atomic E-state index is 12.4. The smallest absolute Gasteiger partial charge is 0.260 e. The lowest BCUT2D eigenvalue weighted by atomic mass is 10.3. The Morgan fingerprint density at radius 3 is 2.65 bits per heavy atom. The number of carbonyl (C=O) groups excluding carboxylic acids is 1. The lowest BCUT2D eigenvalue weighted by molar-refractivity contribution is -0.133. The van der Waals surface area contributed by atoms with Crippen LogP contribution in [-0.4, -0.2) is 63.5 Å². The monoisotopic (exact) mass is 372 g/mol. The van der Waals surface area contributed by atoms with Crippen molar-refractivity contribution in [2.75, 3.05) is 37.7 Å². The maximum Gasteiger partial charge on any atom is 0.260 e. The minimum Gasteiger partial charge on any atom is -0.484 e. The van der Waals surface area contributed by atoms with Crippen molar-refractivity contribution in [2.24, 2.45) is 0 Å². The number of aromatic nitrogens is 4. The number of benzene rings is 1. The van der Waals surface area contributed by atoms with Crippen LogP contribution in [0.15, 0.2) is 36.9 Å². The molecule has 0 atom stereocenters. The molecular weight excluding hydrogens is 356 g/mol. The normalized spacial score (nSPS) is 14.7. The predicted octanol–water partition coefficient (Wildman–Crippen LogP) is 1.73. The quantitative estimate of drug-likeness (QED) is 0.750. The third kappa shape index (κ3) is 3.41. The Balaban J connectivity index is 1.33. The number of aromatic amines is 1. The lowest BCUT2D eigenvalue weighted by Crippen LogP contribution is -2.50. The van der Waals surface area contributed by atoms with Crippen LogP contribution in [-0.2, 0) is 4.79 Å². The molecule has 0 aliphatic carbocycles. The van der Waals surface area contributed by atoms with Crippen LogP contribution < -0.4 is 9.64 Å². The zero-order chi connectivity index (χ0) is 17.9. The number of amides is 1. The molecule has 1 aliphatic rings. The summed E-state index contributed by atoms with van der Waals surface area (Å²) in [6, 6.07) is 6.96. The fraction of sp³-hybridized carbons (Fsp3) is 0.294. The van der Waals surface area contributed by atoms with Crippen molar-refractivity contribution in [3.63, 3.8) is 0 Å². The van der Waals surface area contributed by atoms with Gasteiger partial charge in [0.15, 0.2) is 18.1 Å². The molecule has 1 aliphatic heterocycles. The second kappa shape index (κ2) is 7.17. The molecule has 3 heterocycles. The Kier molecular flexibility index (Phi) is 4.57. The molecule has 1 saturated heterocycles. The Morgan fingerprint density at radius 2 is 1.88 bits per heavy atom. The topological polar surface area (TPSA) is 87.2 Å². The number of rotatable bonds is 4. The van der Waals surface area contributed by atoms with E-state index in [1.54, 1.807) is 35.5 Å². The van der Waals surface area contributed by atoms with Gasteiger partial charge in [-0.15, -0.1) is 0 Å². The van der Waals surface area contributed by atoms with Crippen LogP contribution in [0.25, 0.3) is 11.2 Å². The number of fused-ring (bicyclic) bond motifs is 1. The number of nitrogens with one attached hydrogen (secondary N) is 1. The first-order valence-electron chi connectivity index (χ1n) is 8.26. The van der Waals surface area contributed by atoms with Gasteiger partial charge < -0.3 is 19.5 Å². The van der Waals surface area contributed by atoms with Crippen molar-refractivity contribution >= 4 is 34.5 Å². The molecule has 26 heavy (non-hydrogen) atoms. The van der Waals surface area contributed by atoms with Crippen LogP contribution >= 0.6 is 11.6 Å². The molecule has 0 saturated carbocycles. The zero-order valence-electron chi connectivity index (χ0n) is 13.9. The van der Waals surface area contributed by atoms with Gasteiger partial charge >= 0.3 is 0 Å². The average Bonchev–Trinajstić information content (AvgIpc) is 3.16. The van der Waals surface area contributed by atoms with Gasteiger partial charge in [-0.1, -0.05) is 11.6 Å². The van der Waals surface area contributed by atoms with Crippen molar-refractivity contribution in [3.05, 3.63) is 41.9 Å². The molecular formula is C17H17ClN6O2. The number of anilines is 1. The first-order valence-corrected chi connectivity index (χ1v) is 8.64. The van der Waals surface area contributed by atoms with E-state index in [-0.39, 0.29) is 12.5 Å². The van der Waals surface area contributed by atoms with Crippen molar-refractivity contribution in [2.45, 2.75) is 0 Å². The number of H-pyrrole nitrogens is 1. The summed E-state index contributed by atoms with van der Waals surface area (Å²) in [4.78, 5) is 32.0. The molecule has 0 spiro atoms. The fourth-order valence-corrected chi connectivity index (χ4v) is 3.05. The van der Waals surface area contributed by atoms with Crippen molar-refractivity contribution in [1.82, 2.24) is 24.8 Å². The molecule has 0 radical (unpaired) electrons. The van der Waals surface area contributed by atoms with Gasteiger partial charge in [0.25, 0.3) is 5.91 Å². The number of ether oxygens (including phenoxy) is 1. The minimum atomic E-state index is -0.0334. The lowest BCUT2D eigenvalue weighted by Gasteiger charge is -2.35. The van der Waals surface area contributed by atoms with Gasteiger partial charge in [0, 0.05) is 31.2 Å². The van der Waals surface area contributed by atoms with Crippen LogP contribution in [0.5, 0.6) is 5.75 Å². The molecule has 1 fully saturated rings. The number of carbonyl (C=O) groups is 1. The van der Waals surface area contributed by atoms with Crippen LogP contribution in [0.2, 0.25) is 5.02 Å². The largest absolute Gasteiger partial charge is 0.484 e. The Labute approximate surface area is 154 Å². The summed E-state index contributed by atoms with van der Waals surface area (Å²) >= 11 is 5.84. The van der Waals surface area contributed by atoms with Gasteiger partial charge in [-0.25, -0.2) is 15.0 Å². The number of hydrogen-bond acceptors (Lipinski definition) is 6. The first-order chi connectivity index (χ1) is 12.7. The van der Waals surface area contributed by atoms with Crippen LogP contribution in [0, 0.1) is 0 Å². The van der Waals surface area contributed by atoms with E-state index < -0.39 is 0 Å². The van der Waals surface area contributed by atoms with Crippen LogP contribution in [0.3, 0.4) is 0 Å². The molecule has 9 heteroatoms. The van der Waals surface area contributed by atoms with E-state index >= 15 is 0 Å². The van der Waals surface area contributed by atoms with Crippen molar-refractivity contribution in [3.8, 4) is 5.75 Å². The zero-order valence-corrected chi connectivity index (χ0v) is 14.7. The Morgan fingerprint density at radius 1 is 1.12 bits per heavy atom. The summed E-state index contributed by atoms with van der Waals surface area (Å²) in [5, 5.41) is 0.635. The molecule has 134 valence electrons. The number of halogens is 1. The van der Waals surface area contributed by atoms with Crippen LogP contribution in [0.4, 0.5) is 5.82 Å². The molecule has 4 rings (SSSR count). The van der Waals surface area contributed by atoms with E-state index in [2.05, 4.69) is 24.8 Å². The highest BCUT2D eigenvalue weighted by atomic mass is 35.5. The van der Waals surface area contributed by atoms with Crippen molar-refractivity contribution in [1.29, 1.82) is 0 Å². The summed E-state index contributed by atoms with van der Waals surface area (Å²) < 4.78 is 5.54. The summed E-state index contributed by atoms with van der Waals surface area (Å²) in [7, 11) is 0. The highest BCUT2D eigenvalue weighted by molar-refractivity contribution is 6.30. The molecule has 1 N–H and O–H groups in total. The summed E-state index contributed by atoms with van der Waals surface area (Å²) in [6.45, 7) is 2.63. The first kappa shape index (κ1) is 16.6. The van der Waals surface area contributed by atoms with Crippen molar-refractivity contribution < 1.29 is 9.53 Å². The highest BCUT2D eigenvalue weighted by Gasteiger charge is 2.23. The van der Waals surface area contributed by atoms with E-state index in [1.807, 2.05) is 0 Å². The minimum absolute atomic E-state index is 0.0138. The highest BCUT2D eigenvalue weighted by Crippen LogP contribution is 2.21. The van der Waals surface area contributed by atoms with Gasteiger partial charge in [0.1, 0.15) is 17.6 Å². The third-order valence-corrected chi connectivity index (χ3v) is 4.56. The molecule has 1 aromatic carbocycles. The summed E-state index contributed by atoms with van der Waals surface area (Å²) in [5.74, 6) is 1.41. The number of piperazine rings is 1. The second-order valence-electron chi connectivity index (χ2n) is 5.91. The second-order valence-corrected chi connectivity index (χ2v) is 6.35. The van der Waals surface area contributed by atoms with Crippen LogP contribution in [0.1, 0.15) is 0 Å². The van der Waals surface area contributed by atoms with E-state index in [9.17, 15) is 4.79 Å². The molecule has 8 nitrogen and oxygen atoms in total. The van der Waals surface area contributed by atoms with Gasteiger partial charge in [0.05, 0.1) is 6.33 Å². The molecule has 1 amide bonds. The van der Waals surface area contributed by atoms with E-state index in [0.717, 1.165) is 11.3 Å². The molecule has 0 unspecified atom stereocenters. The maximum atomic E-state index is 12.4. The van der Waals surface area contributed by atoms with E-state index in [4.69, 9.17) is 16.3 Å². The standard InChI is InChI=1S/C17H17ClN6O2/c18-12-1-3-13(4-2-12)26-9-14(25)23-5-7-24(8-6-23)17-15-16(20-10-19-15)21-11-22-17/h1-4,10-11H,5-9H2,(H,19,20,21,22). The third-order valence-electron chi connectivity index (χ3n) is 4.31. The number of nitrogens with zero attached hydrogens (tertiary/aromatic N) is 5. The summed E-state index contributed by atoms with van der Waals surface area (Å²) in [6.07, 6.45) is 3.12. The Bertz CT molecular complexity index is 905. The molecule has 0 bridgehead atoms. The molecule has 2 aromatic heterocycles. The van der Waals surface area contributed by atoms with Gasteiger partial charge in [-0.05, 0) is 24.3 Å². The van der Waals surface area contributed by atoms with E-state index in [1.165, 1.54) is 6.33 Å². The van der Waals surface area contributed by atoms with Gasteiger partial charge in [0.2, 0.25) is 0 Å². The number of imidazole rings is 1.